The van der Waals surface area contributed by atoms with Gasteiger partial charge < -0.3 is 11.1 Å². The Hall–Kier alpha value is -1.69. The van der Waals surface area contributed by atoms with Crippen LogP contribution in [-0.4, -0.2) is 17.5 Å². The predicted octanol–water partition coefficient (Wildman–Crippen LogP) is 1.88. The molecule has 0 aliphatic heterocycles. The van der Waals surface area contributed by atoms with Crippen molar-refractivity contribution in [2.45, 2.75) is 19.4 Å². The first-order valence-electron chi connectivity index (χ1n) is 4.99. The maximum absolute atomic E-state index is 12.9. The smallest absolute Gasteiger partial charge is 0.295 e. The van der Waals surface area contributed by atoms with Gasteiger partial charge in [-0.1, -0.05) is 6.92 Å². The topological polar surface area (TPSA) is 81.2 Å². The molecule has 0 saturated carbocycles. The van der Waals surface area contributed by atoms with Gasteiger partial charge in [-0.15, -0.1) is 0 Å². The number of nitrogens with zero attached hydrogens (tertiary/aromatic N) is 1. The highest BCUT2D eigenvalue weighted by molar-refractivity contribution is 5.61. The molecule has 0 spiro atoms. The van der Waals surface area contributed by atoms with Gasteiger partial charge in [-0.25, -0.2) is 4.39 Å². The maximum Gasteiger partial charge on any atom is 0.295 e. The highest BCUT2D eigenvalue weighted by Crippen LogP contribution is 2.25. The zero-order valence-corrected chi connectivity index (χ0v) is 8.94. The Kier molecular flexibility index (Phi) is 4.19. The number of benzene rings is 1. The second-order valence-corrected chi connectivity index (χ2v) is 3.40. The van der Waals surface area contributed by atoms with E-state index in [4.69, 9.17) is 5.73 Å². The molecular formula is C10H14FN3O2. The fourth-order valence-corrected chi connectivity index (χ4v) is 1.33. The van der Waals surface area contributed by atoms with E-state index in [1.54, 1.807) is 0 Å². The van der Waals surface area contributed by atoms with Crippen molar-refractivity contribution in [1.82, 2.24) is 0 Å². The zero-order chi connectivity index (χ0) is 12.1. The lowest BCUT2D eigenvalue weighted by Gasteiger charge is -2.15. The summed E-state index contributed by atoms with van der Waals surface area (Å²) in [5.41, 5.74) is 5.50. The molecule has 1 rings (SSSR count). The standard InChI is InChI=1S/C10H14FN3O2/c1-2-8(6-12)13-9-4-3-7(11)5-10(9)14(15)16/h3-5,8,13H,2,6,12H2,1H3. The lowest BCUT2D eigenvalue weighted by Crippen LogP contribution is -2.28. The Morgan fingerprint density at radius 1 is 1.62 bits per heavy atom. The van der Waals surface area contributed by atoms with Crippen LogP contribution in [0.1, 0.15) is 13.3 Å². The summed E-state index contributed by atoms with van der Waals surface area (Å²) in [6, 6.07) is 3.37. The van der Waals surface area contributed by atoms with Gasteiger partial charge in [0.25, 0.3) is 5.69 Å². The predicted molar refractivity (Wildman–Crippen MR) is 59.8 cm³/mol. The van der Waals surface area contributed by atoms with Gasteiger partial charge in [-0.3, -0.25) is 10.1 Å². The molecule has 0 aliphatic rings. The summed E-state index contributed by atoms with van der Waals surface area (Å²) in [5, 5.41) is 13.6. The molecule has 0 heterocycles. The third kappa shape index (κ3) is 2.90. The van der Waals surface area contributed by atoms with Gasteiger partial charge in [0.1, 0.15) is 11.5 Å². The van der Waals surface area contributed by atoms with E-state index < -0.39 is 10.7 Å². The van der Waals surface area contributed by atoms with Crippen LogP contribution in [0.25, 0.3) is 0 Å². The number of nitrogens with two attached hydrogens (primary N) is 1. The number of hydrogen-bond donors (Lipinski definition) is 2. The van der Waals surface area contributed by atoms with Gasteiger partial charge >= 0.3 is 0 Å². The molecule has 88 valence electrons. The highest BCUT2D eigenvalue weighted by atomic mass is 19.1. The van der Waals surface area contributed by atoms with E-state index in [0.29, 0.717) is 12.2 Å². The molecule has 1 aromatic rings. The van der Waals surface area contributed by atoms with E-state index in [1.165, 1.54) is 12.1 Å². The maximum atomic E-state index is 12.9. The number of nitrogens with one attached hydrogen (secondary N) is 1. The van der Waals surface area contributed by atoms with E-state index in [-0.39, 0.29) is 11.7 Å². The molecule has 0 aliphatic carbocycles. The van der Waals surface area contributed by atoms with E-state index in [0.717, 1.165) is 12.5 Å². The molecule has 1 unspecified atom stereocenters. The minimum atomic E-state index is -0.627. The summed E-state index contributed by atoms with van der Waals surface area (Å²) < 4.78 is 12.9. The van der Waals surface area contributed by atoms with Crippen molar-refractivity contribution in [3.8, 4) is 0 Å². The van der Waals surface area contributed by atoms with E-state index >= 15 is 0 Å². The van der Waals surface area contributed by atoms with Crippen LogP contribution in [0, 0.1) is 15.9 Å². The molecule has 0 aromatic heterocycles. The molecule has 0 radical (unpaired) electrons. The Bertz CT molecular complexity index is 380. The Labute approximate surface area is 92.6 Å². The largest absolute Gasteiger partial charge is 0.375 e. The molecular weight excluding hydrogens is 213 g/mol. The number of nitro benzene ring substituents is 1. The lowest BCUT2D eigenvalue weighted by atomic mass is 10.2. The van der Waals surface area contributed by atoms with E-state index in [1.807, 2.05) is 6.92 Å². The molecule has 16 heavy (non-hydrogen) atoms. The number of nitro groups is 1. The molecule has 5 nitrogen and oxygen atoms in total. The SMILES string of the molecule is CCC(CN)Nc1ccc(F)cc1[N+](=O)[O-]. The summed E-state index contributed by atoms with van der Waals surface area (Å²) >= 11 is 0. The number of hydrogen-bond acceptors (Lipinski definition) is 4. The van der Waals surface area contributed by atoms with Crippen molar-refractivity contribution in [3.05, 3.63) is 34.1 Å². The van der Waals surface area contributed by atoms with Crippen LogP contribution < -0.4 is 11.1 Å². The molecule has 6 heteroatoms. The molecule has 0 saturated heterocycles. The summed E-state index contributed by atoms with van der Waals surface area (Å²) in [5.74, 6) is -0.627. The van der Waals surface area contributed by atoms with Crippen LogP contribution in [0.4, 0.5) is 15.8 Å². The number of anilines is 1. The first-order valence-corrected chi connectivity index (χ1v) is 4.99. The van der Waals surface area contributed by atoms with Crippen LogP contribution in [-0.2, 0) is 0 Å². The average Bonchev–Trinajstić information content (AvgIpc) is 2.27. The lowest BCUT2D eigenvalue weighted by molar-refractivity contribution is -0.384. The fraction of sp³-hybridized carbons (Fsp3) is 0.400. The highest BCUT2D eigenvalue weighted by Gasteiger charge is 2.16. The third-order valence-electron chi connectivity index (χ3n) is 2.29. The minimum absolute atomic E-state index is 0.0517. The van der Waals surface area contributed by atoms with Crippen molar-refractivity contribution in [2.75, 3.05) is 11.9 Å². The molecule has 1 aromatic carbocycles. The van der Waals surface area contributed by atoms with Crippen LogP contribution in [0.5, 0.6) is 0 Å². The molecule has 0 fully saturated rings. The van der Waals surface area contributed by atoms with Crippen LogP contribution in [0.3, 0.4) is 0 Å². The second-order valence-electron chi connectivity index (χ2n) is 3.40. The second kappa shape index (κ2) is 5.41. The van der Waals surface area contributed by atoms with Crippen molar-refractivity contribution in [2.24, 2.45) is 5.73 Å². The van der Waals surface area contributed by atoms with Crippen LogP contribution in [0.15, 0.2) is 18.2 Å². The Morgan fingerprint density at radius 3 is 2.81 bits per heavy atom. The third-order valence-corrected chi connectivity index (χ3v) is 2.29. The van der Waals surface area contributed by atoms with E-state index in [2.05, 4.69) is 5.32 Å². The molecule has 1 atom stereocenters. The van der Waals surface area contributed by atoms with Gasteiger partial charge in [0, 0.05) is 12.6 Å². The molecule has 0 amide bonds. The summed E-state index contributed by atoms with van der Waals surface area (Å²) in [6.45, 7) is 2.28. The normalized spacial score (nSPS) is 12.2. The Morgan fingerprint density at radius 2 is 2.31 bits per heavy atom. The van der Waals surface area contributed by atoms with Crippen LogP contribution in [0.2, 0.25) is 0 Å². The molecule has 0 bridgehead atoms. The van der Waals surface area contributed by atoms with Gasteiger partial charge in [0.05, 0.1) is 11.0 Å². The van der Waals surface area contributed by atoms with Crippen molar-refractivity contribution in [3.63, 3.8) is 0 Å². The fourth-order valence-electron chi connectivity index (χ4n) is 1.33. The van der Waals surface area contributed by atoms with Crippen molar-refractivity contribution < 1.29 is 9.31 Å². The summed E-state index contributed by atoms with van der Waals surface area (Å²) in [4.78, 5) is 10.1. The first kappa shape index (κ1) is 12.4. The quantitative estimate of drug-likeness (QED) is 0.594. The number of halogens is 1. The summed E-state index contributed by atoms with van der Waals surface area (Å²) in [7, 11) is 0. The molecule has 3 N–H and O–H groups in total. The van der Waals surface area contributed by atoms with Crippen LogP contribution >= 0.6 is 0 Å². The zero-order valence-electron chi connectivity index (χ0n) is 8.94. The summed E-state index contributed by atoms with van der Waals surface area (Å²) in [6.07, 6.45) is 0.741. The van der Waals surface area contributed by atoms with Gasteiger partial charge in [-0.05, 0) is 18.6 Å². The first-order chi connectivity index (χ1) is 7.58. The number of rotatable bonds is 5. The minimum Gasteiger partial charge on any atom is -0.375 e. The van der Waals surface area contributed by atoms with Crippen molar-refractivity contribution >= 4 is 11.4 Å². The van der Waals surface area contributed by atoms with Gasteiger partial charge in [-0.2, -0.15) is 0 Å². The van der Waals surface area contributed by atoms with Gasteiger partial charge in [0.15, 0.2) is 0 Å². The monoisotopic (exact) mass is 227 g/mol. The van der Waals surface area contributed by atoms with Gasteiger partial charge in [0.2, 0.25) is 0 Å². The average molecular weight is 227 g/mol. The van der Waals surface area contributed by atoms with Crippen molar-refractivity contribution in [1.29, 1.82) is 0 Å². The Balaban J connectivity index is 2.98. The van der Waals surface area contributed by atoms with E-state index in [9.17, 15) is 14.5 Å².